The molecule has 0 aliphatic rings. The first-order valence-corrected chi connectivity index (χ1v) is 6.81. The summed E-state index contributed by atoms with van der Waals surface area (Å²) in [7, 11) is 1.93. The van der Waals surface area contributed by atoms with E-state index < -0.39 is 0 Å². The van der Waals surface area contributed by atoms with E-state index in [9.17, 15) is 0 Å². The van der Waals surface area contributed by atoms with Crippen molar-refractivity contribution in [1.29, 1.82) is 0 Å². The van der Waals surface area contributed by atoms with Crippen LogP contribution >= 0.6 is 34.8 Å². The largest absolute Gasteiger partial charge is 0.397 e. The molecule has 0 heterocycles. The van der Waals surface area contributed by atoms with E-state index in [4.69, 9.17) is 40.5 Å². The summed E-state index contributed by atoms with van der Waals surface area (Å²) in [4.78, 5) is 1.98. The Morgan fingerprint density at radius 1 is 1.11 bits per heavy atom. The molecule has 0 fully saturated rings. The normalized spacial score (nSPS) is 10.5. The van der Waals surface area contributed by atoms with Crippen molar-refractivity contribution in [2.24, 2.45) is 0 Å². The third kappa shape index (κ3) is 3.27. The molecule has 100 valence electrons. The zero-order valence-electron chi connectivity index (χ0n) is 10.3. The number of nitrogen functional groups attached to an aromatic ring is 1. The van der Waals surface area contributed by atoms with Gasteiger partial charge in [0.25, 0.3) is 0 Å². The van der Waals surface area contributed by atoms with Gasteiger partial charge in [-0.2, -0.15) is 0 Å². The molecule has 2 aromatic carbocycles. The van der Waals surface area contributed by atoms with Gasteiger partial charge in [-0.05, 0) is 29.8 Å². The summed E-state index contributed by atoms with van der Waals surface area (Å²) in [6.45, 7) is 0.601. The van der Waals surface area contributed by atoms with E-state index in [0.717, 1.165) is 11.3 Å². The first-order chi connectivity index (χ1) is 8.99. The topological polar surface area (TPSA) is 29.3 Å². The van der Waals surface area contributed by atoms with E-state index in [2.05, 4.69) is 0 Å². The highest BCUT2D eigenvalue weighted by Crippen LogP contribution is 2.30. The zero-order valence-corrected chi connectivity index (χ0v) is 12.6. The van der Waals surface area contributed by atoms with E-state index in [1.165, 1.54) is 0 Å². The van der Waals surface area contributed by atoms with Crippen molar-refractivity contribution >= 4 is 46.2 Å². The summed E-state index contributed by atoms with van der Waals surface area (Å²) in [5.74, 6) is 0. The van der Waals surface area contributed by atoms with Crippen molar-refractivity contribution in [3.8, 4) is 0 Å². The minimum absolute atomic E-state index is 0.548. The number of hydrogen-bond acceptors (Lipinski definition) is 2. The Hall–Kier alpha value is -1.09. The van der Waals surface area contributed by atoms with Crippen LogP contribution in [0.15, 0.2) is 36.4 Å². The number of hydrogen-bond donors (Lipinski definition) is 1. The van der Waals surface area contributed by atoms with E-state index in [-0.39, 0.29) is 0 Å². The zero-order chi connectivity index (χ0) is 14.0. The molecule has 0 atom stereocenters. The lowest BCUT2D eigenvalue weighted by Gasteiger charge is -2.22. The summed E-state index contributed by atoms with van der Waals surface area (Å²) in [5, 5.41) is 1.76. The highest BCUT2D eigenvalue weighted by Gasteiger charge is 2.10. The van der Waals surface area contributed by atoms with Gasteiger partial charge in [-0.25, -0.2) is 0 Å². The number of anilines is 2. The first-order valence-electron chi connectivity index (χ1n) is 5.68. The van der Waals surface area contributed by atoms with Gasteiger partial charge in [0, 0.05) is 18.6 Å². The molecule has 2 nitrogen and oxygen atoms in total. The molecule has 0 aliphatic carbocycles. The van der Waals surface area contributed by atoms with Crippen LogP contribution in [0.1, 0.15) is 5.56 Å². The SMILES string of the molecule is CN(Cc1cccc(Cl)c1Cl)c1cc(Cl)ccc1N. The number of nitrogens with zero attached hydrogens (tertiary/aromatic N) is 1. The van der Waals surface area contributed by atoms with Crippen molar-refractivity contribution in [2.45, 2.75) is 6.54 Å². The van der Waals surface area contributed by atoms with E-state index >= 15 is 0 Å². The van der Waals surface area contributed by atoms with Gasteiger partial charge in [0.1, 0.15) is 0 Å². The number of rotatable bonds is 3. The third-order valence-corrected chi connectivity index (χ3v) is 3.94. The van der Waals surface area contributed by atoms with Gasteiger partial charge in [-0.1, -0.05) is 46.9 Å². The first kappa shape index (κ1) is 14.3. The summed E-state index contributed by atoms with van der Waals surface area (Å²) in [6.07, 6.45) is 0. The molecule has 0 saturated carbocycles. The van der Waals surface area contributed by atoms with Gasteiger partial charge in [-0.15, -0.1) is 0 Å². The van der Waals surface area contributed by atoms with Crippen LogP contribution in [-0.4, -0.2) is 7.05 Å². The Kier molecular flexibility index (Phi) is 4.46. The van der Waals surface area contributed by atoms with Crippen LogP contribution in [0.5, 0.6) is 0 Å². The van der Waals surface area contributed by atoms with Crippen LogP contribution in [0.3, 0.4) is 0 Å². The molecule has 5 heteroatoms. The molecule has 0 spiro atoms. The summed E-state index contributed by atoms with van der Waals surface area (Å²) in [6, 6.07) is 11.0. The Labute approximate surface area is 127 Å². The van der Waals surface area contributed by atoms with Gasteiger partial charge in [-0.3, -0.25) is 0 Å². The fraction of sp³-hybridized carbons (Fsp3) is 0.143. The van der Waals surface area contributed by atoms with Gasteiger partial charge >= 0.3 is 0 Å². The Morgan fingerprint density at radius 3 is 2.58 bits per heavy atom. The smallest absolute Gasteiger partial charge is 0.0642 e. The fourth-order valence-electron chi connectivity index (χ4n) is 1.86. The second kappa shape index (κ2) is 5.91. The third-order valence-electron chi connectivity index (χ3n) is 2.84. The van der Waals surface area contributed by atoms with E-state index in [1.54, 1.807) is 18.2 Å². The van der Waals surface area contributed by atoms with E-state index in [0.29, 0.717) is 27.3 Å². The number of halogens is 3. The second-order valence-corrected chi connectivity index (χ2v) is 5.49. The molecule has 0 aromatic heterocycles. The number of nitrogens with two attached hydrogens (primary N) is 1. The van der Waals surface area contributed by atoms with Crippen molar-refractivity contribution in [1.82, 2.24) is 0 Å². The fourth-order valence-corrected chi connectivity index (χ4v) is 2.40. The highest BCUT2D eigenvalue weighted by atomic mass is 35.5. The standard InChI is InChI=1S/C14H13Cl3N2/c1-19(13-7-10(15)5-6-12(13)18)8-9-3-2-4-11(16)14(9)17/h2-7H,8,18H2,1H3. The van der Waals surface area contributed by atoms with Crippen molar-refractivity contribution in [3.63, 3.8) is 0 Å². The molecule has 0 amide bonds. The molecule has 0 saturated heterocycles. The maximum atomic E-state index is 6.18. The lowest BCUT2D eigenvalue weighted by molar-refractivity contribution is 0.925. The molecule has 0 bridgehead atoms. The molecular formula is C14H13Cl3N2. The van der Waals surface area contributed by atoms with Crippen LogP contribution in [0.25, 0.3) is 0 Å². The molecule has 0 unspecified atom stereocenters. The van der Waals surface area contributed by atoms with Gasteiger partial charge in [0.15, 0.2) is 0 Å². The Morgan fingerprint density at radius 2 is 1.84 bits per heavy atom. The minimum atomic E-state index is 0.548. The van der Waals surface area contributed by atoms with Crippen molar-refractivity contribution in [2.75, 3.05) is 17.7 Å². The molecule has 19 heavy (non-hydrogen) atoms. The average Bonchev–Trinajstić information content (AvgIpc) is 2.38. The predicted molar refractivity (Wildman–Crippen MR) is 84.4 cm³/mol. The summed E-state index contributed by atoms with van der Waals surface area (Å²) >= 11 is 18.2. The lowest BCUT2D eigenvalue weighted by Crippen LogP contribution is -2.18. The van der Waals surface area contributed by atoms with Gasteiger partial charge in [0.05, 0.1) is 21.4 Å². The molecule has 2 N–H and O–H groups in total. The molecule has 2 aromatic rings. The molecular weight excluding hydrogens is 303 g/mol. The highest BCUT2D eigenvalue weighted by molar-refractivity contribution is 6.42. The summed E-state index contributed by atoms with van der Waals surface area (Å²) in [5.41, 5.74) is 8.43. The Balaban J connectivity index is 2.28. The molecule has 0 radical (unpaired) electrons. The average molecular weight is 316 g/mol. The van der Waals surface area contributed by atoms with Crippen LogP contribution in [0.2, 0.25) is 15.1 Å². The maximum absolute atomic E-state index is 6.18. The van der Waals surface area contributed by atoms with Crippen LogP contribution in [0, 0.1) is 0 Å². The predicted octanol–water partition coefficient (Wildman–Crippen LogP) is 4.87. The minimum Gasteiger partial charge on any atom is -0.397 e. The molecule has 0 aliphatic heterocycles. The monoisotopic (exact) mass is 314 g/mol. The second-order valence-electron chi connectivity index (χ2n) is 4.27. The van der Waals surface area contributed by atoms with E-state index in [1.807, 2.05) is 30.1 Å². The van der Waals surface area contributed by atoms with Gasteiger partial charge < -0.3 is 10.6 Å². The van der Waals surface area contributed by atoms with Crippen LogP contribution in [0.4, 0.5) is 11.4 Å². The van der Waals surface area contributed by atoms with Crippen molar-refractivity contribution in [3.05, 3.63) is 57.0 Å². The Bertz CT molecular complexity index is 599. The van der Waals surface area contributed by atoms with Gasteiger partial charge in [0.2, 0.25) is 0 Å². The summed E-state index contributed by atoms with van der Waals surface area (Å²) < 4.78 is 0. The van der Waals surface area contributed by atoms with Crippen LogP contribution in [-0.2, 0) is 6.54 Å². The maximum Gasteiger partial charge on any atom is 0.0642 e. The van der Waals surface area contributed by atoms with Crippen LogP contribution < -0.4 is 10.6 Å². The molecule has 2 rings (SSSR count). The van der Waals surface area contributed by atoms with Crippen molar-refractivity contribution < 1.29 is 0 Å². The number of benzene rings is 2. The quantitative estimate of drug-likeness (QED) is 0.819. The lowest BCUT2D eigenvalue weighted by atomic mass is 10.2.